The average Bonchev–Trinajstić information content (AvgIpc) is 2.78. The number of nitrogens with one attached hydrogen (secondary N) is 2. The van der Waals surface area contributed by atoms with Gasteiger partial charge in [0, 0.05) is 13.1 Å². The summed E-state index contributed by atoms with van der Waals surface area (Å²) in [6.45, 7) is 0.0400. The summed E-state index contributed by atoms with van der Waals surface area (Å²) < 4.78 is 17.7. The number of hydrogen-bond donors (Lipinski definition) is 5. The molecule has 0 bridgehead atoms. The summed E-state index contributed by atoms with van der Waals surface area (Å²) in [5.74, 6) is -5.04. The molecule has 0 aliphatic carbocycles. The molecule has 2 heterocycles. The summed E-state index contributed by atoms with van der Waals surface area (Å²) in [6.07, 6.45) is -1.42. The molecular weight excluding hydrogens is 440 g/mol. The van der Waals surface area contributed by atoms with Crippen LogP contribution in [-0.4, -0.2) is 98.5 Å². The van der Waals surface area contributed by atoms with Crippen molar-refractivity contribution in [1.29, 1.82) is 0 Å². The van der Waals surface area contributed by atoms with E-state index in [1.165, 1.54) is 7.11 Å². The predicted molar refractivity (Wildman–Crippen MR) is 100 cm³/mol. The highest BCUT2D eigenvalue weighted by atomic mass is 16.6. The Bertz CT molecular complexity index is 661. The summed E-state index contributed by atoms with van der Waals surface area (Å²) >= 11 is 0. The zero-order valence-electron chi connectivity index (χ0n) is 17.4. The number of rotatable bonds is 6. The third-order valence-electron chi connectivity index (χ3n) is 3.88. The largest absolute Gasteiger partial charge is 0.481 e. The Balaban J connectivity index is 0.000000451. The number of amides is 2. The highest BCUT2D eigenvalue weighted by molar-refractivity contribution is 5.79. The summed E-state index contributed by atoms with van der Waals surface area (Å²) in [6, 6.07) is 0. The van der Waals surface area contributed by atoms with Crippen molar-refractivity contribution in [3.8, 4) is 0 Å². The maximum absolute atomic E-state index is 10.8. The number of aliphatic hydroxyl groups excluding tert-OH is 1. The molecule has 0 saturated carbocycles. The van der Waals surface area contributed by atoms with Crippen LogP contribution >= 0.6 is 0 Å². The molecule has 2 aliphatic heterocycles. The van der Waals surface area contributed by atoms with Crippen LogP contribution in [0.25, 0.3) is 0 Å². The maximum Gasteiger partial charge on any atom is 0.407 e. The van der Waals surface area contributed by atoms with Crippen LogP contribution in [0.4, 0.5) is 9.59 Å². The highest BCUT2D eigenvalue weighted by Crippen LogP contribution is 2.04. The lowest BCUT2D eigenvalue weighted by Gasteiger charge is -2.20. The van der Waals surface area contributed by atoms with Crippen LogP contribution in [-0.2, 0) is 38.1 Å². The molecule has 0 aromatic carbocycles. The molecule has 2 rings (SSSR count). The summed E-state index contributed by atoms with van der Waals surface area (Å²) in [7, 11) is 2.45. The van der Waals surface area contributed by atoms with E-state index in [0.29, 0.717) is 6.54 Å². The van der Waals surface area contributed by atoms with Gasteiger partial charge in [-0.1, -0.05) is 0 Å². The van der Waals surface area contributed by atoms with E-state index in [1.807, 2.05) is 0 Å². The number of aliphatic hydroxyl groups is 1. The van der Waals surface area contributed by atoms with Gasteiger partial charge in [0.1, 0.15) is 25.0 Å². The van der Waals surface area contributed by atoms with Crippen LogP contribution in [0.2, 0.25) is 0 Å². The minimum atomic E-state index is -1.13. The molecule has 5 N–H and O–H groups in total. The number of alkyl carbamates (subject to hydrolysis) is 2. The van der Waals surface area contributed by atoms with Crippen LogP contribution in [0.1, 0.15) is 6.42 Å². The standard InChI is InChI=1S/C6H9NO4.C6H10O5.C5H7NO4/c1-10-5(8)4-2-7-6(9)11-3-4;1-11-6(10)4(3-7)2-5(8)9;7-4(8)3-1-6-5(9)10-2-3/h4H,2-3H2,1H3,(H,7,9);4,7H,2-3H2,1H3,(H,8,9);3H,1-2H2,(H,6,9)(H,7,8). The molecule has 182 valence electrons. The quantitative estimate of drug-likeness (QED) is 0.215. The van der Waals surface area contributed by atoms with Crippen LogP contribution in [0.3, 0.4) is 0 Å². The molecule has 2 fully saturated rings. The average molecular weight is 466 g/mol. The number of esters is 2. The van der Waals surface area contributed by atoms with Gasteiger partial charge in [-0.3, -0.25) is 19.2 Å². The Kier molecular flexibility index (Phi) is 13.5. The van der Waals surface area contributed by atoms with Gasteiger partial charge in [-0.15, -0.1) is 0 Å². The zero-order chi connectivity index (χ0) is 24.7. The number of methoxy groups -OCH3 is 2. The van der Waals surface area contributed by atoms with Crippen LogP contribution in [0.5, 0.6) is 0 Å². The molecule has 3 unspecified atom stereocenters. The predicted octanol–water partition coefficient (Wildman–Crippen LogP) is -1.81. The topological polar surface area (TPSA) is 224 Å². The van der Waals surface area contributed by atoms with Crippen molar-refractivity contribution in [2.24, 2.45) is 17.8 Å². The van der Waals surface area contributed by atoms with E-state index in [2.05, 4.69) is 29.6 Å². The Morgan fingerprint density at radius 1 is 0.969 bits per heavy atom. The van der Waals surface area contributed by atoms with Crippen molar-refractivity contribution < 1.29 is 63.0 Å². The van der Waals surface area contributed by atoms with E-state index in [1.54, 1.807) is 0 Å². The summed E-state index contributed by atoms with van der Waals surface area (Å²) in [5, 5.41) is 29.8. The van der Waals surface area contributed by atoms with Crippen molar-refractivity contribution in [2.75, 3.05) is 47.1 Å². The zero-order valence-corrected chi connectivity index (χ0v) is 17.4. The molecule has 0 aromatic heterocycles. The fourth-order valence-corrected chi connectivity index (χ4v) is 2.06. The van der Waals surface area contributed by atoms with Crippen molar-refractivity contribution in [1.82, 2.24) is 10.6 Å². The first-order valence-corrected chi connectivity index (χ1v) is 9.07. The number of carboxylic acid groups (broad SMARTS) is 2. The number of aliphatic carboxylic acids is 2. The van der Waals surface area contributed by atoms with E-state index in [0.717, 1.165) is 7.11 Å². The van der Waals surface area contributed by atoms with Gasteiger partial charge in [0.05, 0.1) is 33.2 Å². The number of ether oxygens (including phenoxy) is 4. The molecule has 15 heteroatoms. The molecule has 2 saturated heterocycles. The minimum absolute atomic E-state index is 0.0266. The van der Waals surface area contributed by atoms with Crippen LogP contribution in [0, 0.1) is 17.8 Å². The Morgan fingerprint density at radius 2 is 1.47 bits per heavy atom. The first-order chi connectivity index (χ1) is 15.0. The second-order valence-electron chi connectivity index (χ2n) is 6.21. The number of carboxylic acids is 2. The number of carbonyl (C=O) groups excluding carboxylic acids is 4. The van der Waals surface area contributed by atoms with Crippen molar-refractivity contribution in [3.63, 3.8) is 0 Å². The molecule has 32 heavy (non-hydrogen) atoms. The molecule has 2 amide bonds. The normalized spacial score (nSPS) is 20.0. The van der Waals surface area contributed by atoms with Gasteiger partial charge in [0.2, 0.25) is 0 Å². The first-order valence-electron chi connectivity index (χ1n) is 9.07. The maximum atomic E-state index is 10.8. The second kappa shape index (κ2) is 15.2. The van der Waals surface area contributed by atoms with Crippen LogP contribution < -0.4 is 10.6 Å². The molecular formula is C17H26N2O13. The third-order valence-corrected chi connectivity index (χ3v) is 3.88. The first kappa shape index (κ1) is 28.4. The van der Waals surface area contributed by atoms with Crippen LogP contribution in [0.15, 0.2) is 0 Å². The van der Waals surface area contributed by atoms with Crippen molar-refractivity contribution >= 4 is 36.1 Å². The van der Waals surface area contributed by atoms with Gasteiger partial charge in [0.25, 0.3) is 0 Å². The fourth-order valence-electron chi connectivity index (χ4n) is 2.06. The van der Waals surface area contributed by atoms with Crippen molar-refractivity contribution in [3.05, 3.63) is 0 Å². The number of carbonyl (C=O) groups is 6. The molecule has 2 aliphatic rings. The second-order valence-corrected chi connectivity index (χ2v) is 6.21. The molecule has 0 radical (unpaired) electrons. The van der Waals surface area contributed by atoms with Gasteiger partial charge in [-0.05, 0) is 0 Å². The Labute approximate surface area is 181 Å². The van der Waals surface area contributed by atoms with Gasteiger partial charge in [0.15, 0.2) is 0 Å². The lowest BCUT2D eigenvalue weighted by Crippen LogP contribution is -2.42. The summed E-state index contributed by atoms with van der Waals surface area (Å²) in [5.41, 5.74) is 0. The molecule has 0 spiro atoms. The lowest BCUT2D eigenvalue weighted by atomic mass is 10.1. The summed E-state index contributed by atoms with van der Waals surface area (Å²) in [4.78, 5) is 62.5. The SMILES string of the molecule is COC(=O)C(CO)CC(=O)O.COC(=O)C1CNC(=O)OC1.O=C1NCC(C(=O)O)CO1. The minimum Gasteiger partial charge on any atom is -0.481 e. The van der Waals surface area contributed by atoms with Gasteiger partial charge in [-0.2, -0.15) is 0 Å². The lowest BCUT2D eigenvalue weighted by molar-refractivity contribution is -0.152. The Morgan fingerprint density at radius 3 is 1.78 bits per heavy atom. The monoisotopic (exact) mass is 466 g/mol. The Hall–Kier alpha value is -3.62. The third kappa shape index (κ3) is 11.5. The van der Waals surface area contributed by atoms with E-state index in [4.69, 9.17) is 15.3 Å². The number of cyclic esters (lactones) is 2. The molecule has 0 aromatic rings. The van der Waals surface area contributed by atoms with E-state index in [9.17, 15) is 28.8 Å². The smallest absolute Gasteiger partial charge is 0.407 e. The molecule has 15 nitrogen and oxygen atoms in total. The molecule has 3 atom stereocenters. The van der Waals surface area contributed by atoms with Crippen molar-refractivity contribution in [2.45, 2.75) is 6.42 Å². The van der Waals surface area contributed by atoms with E-state index in [-0.39, 0.29) is 31.6 Å². The fraction of sp³-hybridized carbons (Fsp3) is 0.647. The van der Waals surface area contributed by atoms with E-state index < -0.39 is 55.0 Å². The van der Waals surface area contributed by atoms with E-state index >= 15 is 0 Å². The van der Waals surface area contributed by atoms with Gasteiger partial charge in [-0.25, -0.2) is 9.59 Å². The van der Waals surface area contributed by atoms with Gasteiger partial charge < -0.3 is 44.9 Å². The van der Waals surface area contributed by atoms with Gasteiger partial charge >= 0.3 is 36.1 Å². The number of hydrogen-bond acceptors (Lipinski definition) is 11. The highest BCUT2D eigenvalue weighted by Gasteiger charge is 2.26.